The molecule has 11 nitrogen and oxygen atoms in total. The van der Waals surface area contributed by atoms with Crippen LogP contribution >= 0.6 is 22.7 Å². The maximum absolute atomic E-state index is 15.5. The molecule has 23 heteroatoms. The van der Waals surface area contributed by atoms with Gasteiger partial charge in [0.2, 0.25) is 0 Å². The Balaban J connectivity index is 1.22. The number of thiazole rings is 2. The first kappa shape index (κ1) is 46.9. The molecule has 66 heavy (non-hydrogen) atoms. The van der Waals surface area contributed by atoms with E-state index in [1.165, 1.54) is 48.8 Å². The van der Waals surface area contributed by atoms with E-state index in [1.54, 1.807) is 30.4 Å². The molecule has 6 aromatic rings. The van der Waals surface area contributed by atoms with Crippen molar-refractivity contribution in [1.29, 1.82) is 0 Å². The summed E-state index contributed by atoms with van der Waals surface area (Å²) >= 11 is 2.30. The van der Waals surface area contributed by atoms with Crippen molar-refractivity contribution in [3.8, 4) is 21.1 Å². The van der Waals surface area contributed by atoms with Crippen LogP contribution in [0.15, 0.2) is 93.6 Å². The molecule has 4 aromatic carbocycles. The fourth-order valence-corrected chi connectivity index (χ4v) is 10.8. The van der Waals surface area contributed by atoms with E-state index in [4.69, 9.17) is 0 Å². The summed E-state index contributed by atoms with van der Waals surface area (Å²) in [5, 5.41) is 3.92. The van der Waals surface area contributed by atoms with Gasteiger partial charge in [0.05, 0.1) is 20.9 Å². The number of alkyl halides is 6. The molecule has 2 aliphatic heterocycles. The van der Waals surface area contributed by atoms with Gasteiger partial charge >= 0.3 is 12.4 Å². The van der Waals surface area contributed by atoms with Gasteiger partial charge in [-0.1, -0.05) is 0 Å². The fourth-order valence-electron chi connectivity index (χ4n) is 8.05. The minimum absolute atomic E-state index is 0.140. The van der Waals surface area contributed by atoms with E-state index >= 15 is 4.79 Å². The number of piperazine rings is 2. The van der Waals surface area contributed by atoms with E-state index in [1.807, 2.05) is 0 Å². The van der Waals surface area contributed by atoms with E-state index in [9.17, 15) is 52.0 Å². The van der Waals surface area contributed by atoms with Gasteiger partial charge in [-0.2, -0.15) is 26.3 Å². The second kappa shape index (κ2) is 17.5. The monoisotopic (exact) mass is 996 g/mol. The molecule has 2 fully saturated rings. The first-order valence-corrected chi connectivity index (χ1v) is 25.4. The smallest absolute Gasteiger partial charge is 0.368 e. The summed E-state index contributed by atoms with van der Waals surface area (Å²) in [6, 6.07) is 10.5. The molecule has 0 spiro atoms. The number of carbonyl (C=O) groups excluding carboxylic acids is 1. The maximum Gasteiger partial charge on any atom is 0.419 e. The summed E-state index contributed by atoms with van der Waals surface area (Å²) in [5.74, 6) is -3.65. The maximum atomic E-state index is 15.5. The molecular weight excluding hydrogens is 961 g/mol. The van der Waals surface area contributed by atoms with Gasteiger partial charge in [-0.25, -0.2) is 35.6 Å². The number of aromatic nitrogens is 2. The molecule has 0 amide bonds. The van der Waals surface area contributed by atoms with Crippen LogP contribution < -0.4 is 19.6 Å². The van der Waals surface area contributed by atoms with Crippen molar-refractivity contribution in [2.75, 3.05) is 84.5 Å². The SMILES string of the molecule is CS(=O)(=O)c1cc(C(=O)c2cc(S(C)(=O)=O)cc(N3CCN(c4ccc(C(F)(F)F)c(F)c4)CC3)c2-c2nccs2)c(-c2nccs2)c(N2CCN(c3ccc(C(F)(F)F)c(F)c3)CC2)c1. The van der Waals surface area contributed by atoms with Crippen LogP contribution in [-0.2, 0) is 32.0 Å². The molecule has 0 aliphatic carbocycles. The highest BCUT2D eigenvalue weighted by Crippen LogP contribution is 2.44. The zero-order valence-electron chi connectivity index (χ0n) is 34.6. The van der Waals surface area contributed by atoms with E-state index in [0.717, 1.165) is 47.3 Å². The highest BCUT2D eigenvalue weighted by molar-refractivity contribution is 7.91. The Morgan fingerprint density at radius 1 is 0.545 bits per heavy atom. The van der Waals surface area contributed by atoms with Crippen LogP contribution in [0.4, 0.5) is 57.9 Å². The number of hydrogen-bond acceptors (Lipinski definition) is 13. The van der Waals surface area contributed by atoms with Gasteiger partial charge < -0.3 is 19.6 Å². The Kier molecular flexibility index (Phi) is 12.5. The van der Waals surface area contributed by atoms with Gasteiger partial charge in [0.25, 0.3) is 0 Å². The van der Waals surface area contributed by atoms with Crippen LogP contribution in [0, 0.1) is 11.6 Å². The molecule has 0 atom stereocenters. The number of rotatable bonds is 10. The molecule has 0 bridgehead atoms. The molecule has 0 saturated carbocycles. The third-order valence-corrected chi connectivity index (χ3v) is 15.1. The lowest BCUT2D eigenvalue weighted by Gasteiger charge is -2.39. The average molecular weight is 997 g/mol. The second-order valence-corrected chi connectivity index (χ2v) is 21.4. The molecule has 2 saturated heterocycles. The van der Waals surface area contributed by atoms with E-state index in [2.05, 4.69) is 9.97 Å². The van der Waals surface area contributed by atoms with Crippen molar-refractivity contribution in [3.05, 3.63) is 118 Å². The Labute approximate surface area is 381 Å². The summed E-state index contributed by atoms with van der Waals surface area (Å²) in [4.78, 5) is 30.9. The van der Waals surface area contributed by atoms with Crippen molar-refractivity contribution in [1.82, 2.24) is 9.97 Å². The van der Waals surface area contributed by atoms with Crippen molar-refractivity contribution in [2.45, 2.75) is 22.1 Å². The molecule has 8 rings (SSSR count). The van der Waals surface area contributed by atoms with Crippen LogP contribution in [0.1, 0.15) is 27.0 Å². The Hall–Kier alpha value is -5.65. The summed E-state index contributed by atoms with van der Waals surface area (Å²) < 4.78 is 163. The summed E-state index contributed by atoms with van der Waals surface area (Å²) in [6.45, 7) is 1.20. The topological polar surface area (TPSA) is 124 Å². The number of ketones is 1. The lowest BCUT2D eigenvalue weighted by Crippen LogP contribution is -2.47. The van der Waals surface area contributed by atoms with Gasteiger partial charge in [0.15, 0.2) is 25.5 Å². The first-order chi connectivity index (χ1) is 31.0. The van der Waals surface area contributed by atoms with E-state index in [-0.39, 0.29) is 107 Å². The highest BCUT2D eigenvalue weighted by Gasteiger charge is 2.37. The molecule has 348 valence electrons. The number of nitrogens with zero attached hydrogens (tertiary/aromatic N) is 6. The summed E-state index contributed by atoms with van der Waals surface area (Å²) in [7, 11) is -8.10. The van der Waals surface area contributed by atoms with E-state index < -0.39 is 60.6 Å². The molecular formula is C43H36F8N6O5S4. The normalized spacial score (nSPS) is 15.4. The number of hydrogen-bond donors (Lipinski definition) is 0. The third-order valence-electron chi connectivity index (χ3n) is 11.3. The largest absolute Gasteiger partial charge is 0.419 e. The quantitative estimate of drug-likeness (QED) is 0.0966. The number of halogens is 8. The predicted molar refractivity (Wildman–Crippen MR) is 236 cm³/mol. The summed E-state index contributed by atoms with van der Waals surface area (Å²) in [5.41, 5.74) is -1.68. The zero-order valence-corrected chi connectivity index (χ0v) is 37.9. The van der Waals surface area contributed by atoms with Gasteiger partial charge in [0.1, 0.15) is 21.6 Å². The zero-order chi connectivity index (χ0) is 47.5. The average Bonchev–Trinajstić information content (AvgIpc) is 4.00. The third kappa shape index (κ3) is 9.47. The van der Waals surface area contributed by atoms with Gasteiger partial charge in [-0.3, -0.25) is 4.79 Å². The minimum Gasteiger partial charge on any atom is -0.368 e. The Morgan fingerprint density at radius 2 is 0.894 bits per heavy atom. The molecule has 2 aromatic heterocycles. The number of anilines is 4. The van der Waals surface area contributed by atoms with Crippen LogP contribution in [0.25, 0.3) is 21.1 Å². The molecule has 0 unspecified atom stereocenters. The van der Waals surface area contributed by atoms with Gasteiger partial charge in [0, 0.05) is 133 Å². The molecule has 0 radical (unpaired) electrons. The van der Waals surface area contributed by atoms with Crippen LogP contribution in [0.3, 0.4) is 0 Å². The van der Waals surface area contributed by atoms with Crippen molar-refractivity contribution in [3.63, 3.8) is 0 Å². The lowest BCUT2D eigenvalue weighted by atomic mass is 9.92. The van der Waals surface area contributed by atoms with Crippen LogP contribution in [0.2, 0.25) is 0 Å². The second-order valence-electron chi connectivity index (χ2n) is 15.5. The first-order valence-electron chi connectivity index (χ1n) is 19.8. The van der Waals surface area contributed by atoms with Crippen molar-refractivity contribution >= 4 is 70.9 Å². The van der Waals surface area contributed by atoms with Gasteiger partial charge in [-0.15, -0.1) is 22.7 Å². The predicted octanol–water partition coefficient (Wildman–Crippen LogP) is 8.94. The highest BCUT2D eigenvalue weighted by atomic mass is 32.2. The fraction of sp³-hybridized carbons (Fsp3) is 0.279. The molecule has 4 heterocycles. The van der Waals surface area contributed by atoms with Gasteiger partial charge in [-0.05, 0) is 60.7 Å². The Morgan fingerprint density at radius 3 is 1.18 bits per heavy atom. The van der Waals surface area contributed by atoms with Crippen molar-refractivity contribution in [2.24, 2.45) is 0 Å². The molecule has 2 aliphatic rings. The van der Waals surface area contributed by atoms with Crippen LogP contribution in [0.5, 0.6) is 0 Å². The number of carbonyl (C=O) groups is 1. The molecule has 0 N–H and O–H groups in total. The van der Waals surface area contributed by atoms with Crippen LogP contribution in [-0.4, -0.2) is 97.5 Å². The lowest BCUT2D eigenvalue weighted by molar-refractivity contribution is -0.140. The Bertz CT molecular complexity index is 2840. The number of sulfone groups is 2. The summed E-state index contributed by atoms with van der Waals surface area (Å²) in [6.07, 6.45) is -4.88. The standard InChI is InChI=1S/C43H36F8N6O5S4/c1-65(59,60)27-21-29(37(40-52-7-17-63-40)35(23-27)56-13-9-54(10-14-56)25-3-5-31(33(44)19-25)42(46,47)48)39(58)30-22-28(66(2,61)62)24-36(38(30)41-53-8-18-64-41)57-15-11-55(12-16-57)26-4-6-32(34(45)20-26)43(49,50)51/h3-8,17-24H,9-16H2,1-2H3. The number of benzene rings is 4. The van der Waals surface area contributed by atoms with E-state index in [0.29, 0.717) is 22.1 Å². The van der Waals surface area contributed by atoms with Crippen molar-refractivity contribution < 1.29 is 56.8 Å². The minimum atomic E-state index is -4.89.